The Kier molecular flexibility index (Phi) is 4.94. The number of methoxy groups -OCH3 is 2. The Balaban J connectivity index is 2.30. The SMILES string of the molecule is COc1ccc(/C=C2\CCC[C@H](C(C)(C)C)C2=O)cc1OC. The van der Waals surface area contributed by atoms with Crippen LogP contribution in [0.4, 0.5) is 0 Å². The fourth-order valence-corrected chi connectivity index (χ4v) is 3.09. The van der Waals surface area contributed by atoms with Gasteiger partial charge >= 0.3 is 0 Å². The quantitative estimate of drug-likeness (QED) is 0.771. The zero-order chi connectivity index (χ0) is 16.3. The lowest BCUT2D eigenvalue weighted by Crippen LogP contribution is -2.32. The van der Waals surface area contributed by atoms with Crippen LogP contribution >= 0.6 is 0 Å². The molecule has 1 atom stereocenters. The molecule has 0 bridgehead atoms. The molecule has 3 heteroatoms. The zero-order valence-corrected chi connectivity index (χ0v) is 14.2. The Labute approximate surface area is 133 Å². The van der Waals surface area contributed by atoms with E-state index in [4.69, 9.17) is 9.47 Å². The molecular weight excluding hydrogens is 276 g/mol. The van der Waals surface area contributed by atoms with Crippen LogP contribution in [0.1, 0.15) is 45.6 Å². The molecule has 22 heavy (non-hydrogen) atoms. The zero-order valence-electron chi connectivity index (χ0n) is 14.2. The number of hydrogen-bond donors (Lipinski definition) is 0. The van der Waals surface area contributed by atoms with Crippen molar-refractivity contribution in [2.45, 2.75) is 40.0 Å². The molecule has 0 saturated heterocycles. The molecule has 0 N–H and O–H groups in total. The summed E-state index contributed by atoms with van der Waals surface area (Å²) in [7, 11) is 3.24. The van der Waals surface area contributed by atoms with E-state index in [1.54, 1.807) is 14.2 Å². The second-order valence-corrected chi connectivity index (χ2v) is 6.96. The van der Waals surface area contributed by atoms with Gasteiger partial charge in [0.1, 0.15) is 0 Å². The highest BCUT2D eigenvalue weighted by molar-refractivity contribution is 6.02. The van der Waals surface area contributed by atoms with Gasteiger partial charge in [-0.2, -0.15) is 0 Å². The predicted octanol–water partition coefficient (Wildman–Crippen LogP) is 4.50. The second kappa shape index (κ2) is 6.55. The lowest BCUT2D eigenvalue weighted by Gasteiger charge is -2.33. The number of ketones is 1. The predicted molar refractivity (Wildman–Crippen MR) is 89.3 cm³/mol. The summed E-state index contributed by atoms with van der Waals surface area (Å²) in [4.78, 5) is 12.7. The number of rotatable bonds is 3. The summed E-state index contributed by atoms with van der Waals surface area (Å²) in [6, 6.07) is 5.75. The van der Waals surface area contributed by atoms with Crippen molar-refractivity contribution in [3.63, 3.8) is 0 Å². The van der Waals surface area contributed by atoms with E-state index in [9.17, 15) is 4.79 Å². The molecule has 1 fully saturated rings. The average Bonchev–Trinajstić information content (AvgIpc) is 2.48. The monoisotopic (exact) mass is 302 g/mol. The Hall–Kier alpha value is -1.77. The van der Waals surface area contributed by atoms with Crippen LogP contribution in [0.15, 0.2) is 23.8 Å². The lowest BCUT2D eigenvalue weighted by molar-refractivity contribution is -0.123. The lowest BCUT2D eigenvalue weighted by atomic mass is 9.70. The molecule has 2 rings (SSSR count). The highest BCUT2D eigenvalue weighted by Gasteiger charge is 2.35. The third-order valence-electron chi connectivity index (χ3n) is 4.37. The Morgan fingerprint density at radius 3 is 2.41 bits per heavy atom. The van der Waals surface area contributed by atoms with E-state index in [1.165, 1.54) is 0 Å². The van der Waals surface area contributed by atoms with E-state index >= 15 is 0 Å². The Morgan fingerprint density at radius 2 is 1.82 bits per heavy atom. The van der Waals surface area contributed by atoms with Crippen LogP contribution in [0.25, 0.3) is 6.08 Å². The van der Waals surface area contributed by atoms with Crippen LogP contribution in [-0.2, 0) is 4.79 Å². The number of hydrogen-bond acceptors (Lipinski definition) is 3. The normalized spacial score (nSPS) is 21.0. The van der Waals surface area contributed by atoms with E-state index in [-0.39, 0.29) is 11.3 Å². The number of ether oxygens (including phenoxy) is 2. The molecule has 0 aromatic heterocycles. The third-order valence-corrected chi connectivity index (χ3v) is 4.37. The van der Waals surface area contributed by atoms with Crippen molar-refractivity contribution in [2.75, 3.05) is 14.2 Å². The molecule has 1 aromatic carbocycles. The first kappa shape index (κ1) is 16.6. The van der Waals surface area contributed by atoms with Crippen molar-refractivity contribution in [3.05, 3.63) is 29.3 Å². The summed E-state index contributed by atoms with van der Waals surface area (Å²) in [6.07, 6.45) is 4.93. The second-order valence-electron chi connectivity index (χ2n) is 6.96. The molecule has 0 aliphatic heterocycles. The molecule has 0 radical (unpaired) electrons. The molecule has 1 saturated carbocycles. The van der Waals surface area contributed by atoms with Crippen molar-refractivity contribution in [2.24, 2.45) is 11.3 Å². The third kappa shape index (κ3) is 3.52. The van der Waals surface area contributed by atoms with Crippen molar-refractivity contribution >= 4 is 11.9 Å². The minimum Gasteiger partial charge on any atom is -0.493 e. The van der Waals surface area contributed by atoms with Gasteiger partial charge in [0.15, 0.2) is 17.3 Å². The van der Waals surface area contributed by atoms with Crippen LogP contribution in [0.5, 0.6) is 11.5 Å². The summed E-state index contributed by atoms with van der Waals surface area (Å²) in [5.74, 6) is 1.81. The summed E-state index contributed by atoms with van der Waals surface area (Å²) in [5.41, 5.74) is 1.93. The molecule has 1 aliphatic carbocycles. The topological polar surface area (TPSA) is 35.5 Å². The number of carbonyl (C=O) groups excluding carboxylic acids is 1. The fraction of sp³-hybridized carbons (Fsp3) is 0.526. The van der Waals surface area contributed by atoms with Crippen molar-refractivity contribution in [3.8, 4) is 11.5 Å². The molecule has 3 nitrogen and oxygen atoms in total. The van der Waals surface area contributed by atoms with Gasteiger partial charge in [-0.1, -0.05) is 26.8 Å². The highest BCUT2D eigenvalue weighted by Crippen LogP contribution is 2.38. The smallest absolute Gasteiger partial charge is 0.162 e. The van der Waals surface area contributed by atoms with Gasteiger partial charge in [-0.25, -0.2) is 0 Å². The molecule has 120 valence electrons. The highest BCUT2D eigenvalue weighted by atomic mass is 16.5. The van der Waals surface area contributed by atoms with Gasteiger partial charge in [0.05, 0.1) is 14.2 Å². The van der Waals surface area contributed by atoms with Gasteiger partial charge in [-0.3, -0.25) is 4.79 Å². The number of Topliss-reactive ketones (excluding diaryl/α,β-unsaturated/α-hetero) is 1. The van der Waals surface area contributed by atoms with Crippen LogP contribution in [0.2, 0.25) is 0 Å². The van der Waals surface area contributed by atoms with Crippen LogP contribution < -0.4 is 9.47 Å². The number of carbonyl (C=O) groups is 1. The van der Waals surface area contributed by atoms with Crippen LogP contribution in [0.3, 0.4) is 0 Å². The summed E-state index contributed by atoms with van der Waals surface area (Å²) in [5, 5.41) is 0. The van der Waals surface area contributed by atoms with E-state index in [0.29, 0.717) is 17.3 Å². The van der Waals surface area contributed by atoms with Gasteiger partial charge in [0, 0.05) is 5.92 Å². The van der Waals surface area contributed by atoms with Gasteiger partial charge in [0.2, 0.25) is 0 Å². The van der Waals surface area contributed by atoms with E-state index in [0.717, 1.165) is 30.4 Å². The molecule has 0 unspecified atom stereocenters. The number of benzene rings is 1. The van der Waals surface area contributed by atoms with Gasteiger partial charge < -0.3 is 9.47 Å². The Morgan fingerprint density at radius 1 is 1.14 bits per heavy atom. The Bertz CT molecular complexity index is 579. The van der Waals surface area contributed by atoms with Gasteiger partial charge in [-0.15, -0.1) is 0 Å². The molecule has 0 spiro atoms. The van der Waals surface area contributed by atoms with Gasteiger partial charge in [0.25, 0.3) is 0 Å². The fourth-order valence-electron chi connectivity index (χ4n) is 3.09. The maximum atomic E-state index is 12.7. The van der Waals surface area contributed by atoms with Crippen LogP contribution in [-0.4, -0.2) is 20.0 Å². The largest absolute Gasteiger partial charge is 0.493 e. The summed E-state index contributed by atoms with van der Waals surface area (Å²) >= 11 is 0. The minimum atomic E-state index is 0.0220. The molecule has 1 aromatic rings. The average molecular weight is 302 g/mol. The first-order chi connectivity index (χ1) is 10.4. The van der Waals surface area contributed by atoms with Gasteiger partial charge in [-0.05, 0) is 54.0 Å². The molecule has 1 aliphatic rings. The first-order valence-electron chi connectivity index (χ1n) is 7.83. The van der Waals surface area contributed by atoms with E-state index < -0.39 is 0 Å². The molecule has 0 heterocycles. The van der Waals surface area contributed by atoms with Crippen molar-refractivity contribution < 1.29 is 14.3 Å². The van der Waals surface area contributed by atoms with E-state index in [2.05, 4.69) is 20.8 Å². The van der Waals surface area contributed by atoms with E-state index in [1.807, 2.05) is 24.3 Å². The summed E-state index contributed by atoms with van der Waals surface area (Å²) < 4.78 is 10.6. The van der Waals surface area contributed by atoms with Crippen molar-refractivity contribution in [1.82, 2.24) is 0 Å². The maximum absolute atomic E-state index is 12.7. The van der Waals surface area contributed by atoms with Crippen LogP contribution in [0, 0.1) is 11.3 Å². The molecular formula is C19H26O3. The maximum Gasteiger partial charge on any atom is 0.162 e. The summed E-state index contributed by atoms with van der Waals surface area (Å²) in [6.45, 7) is 6.44. The van der Waals surface area contributed by atoms with Crippen molar-refractivity contribution in [1.29, 1.82) is 0 Å². The number of allylic oxidation sites excluding steroid dienone is 1. The standard InChI is InChI=1S/C19H26O3/c1-19(2,3)15-8-6-7-14(18(15)20)11-13-9-10-16(21-4)17(12-13)22-5/h9-12,15H,6-8H2,1-5H3/b14-11+/t15-/m0/s1. The first-order valence-corrected chi connectivity index (χ1v) is 7.83. The molecule has 0 amide bonds. The minimum absolute atomic E-state index is 0.0220.